The van der Waals surface area contributed by atoms with Crippen LogP contribution in [-0.2, 0) is 9.84 Å². The van der Waals surface area contributed by atoms with Crippen molar-refractivity contribution < 1.29 is 12.8 Å². The van der Waals surface area contributed by atoms with Crippen LogP contribution in [0, 0.1) is 0 Å². The van der Waals surface area contributed by atoms with Gasteiger partial charge in [0.05, 0.1) is 23.7 Å². The largest absolute Gasteiger partial charge is 0.444 e. The Morgan fingerprint density at radius 1 is 1.59 bits per heavy atom. The highest BCUT2D eigenvalue weighted by Gasteiger charge is 2.29. The summed E-state index contributed by atoms with van der Waals surface area (Å²) in [5.74, 6) is 1.70. The highest BCUT2D eigenvalue weighted by atomic mass is 32.2. The third-order valence-electron chi connectivity index (χ3n) is 3.21. The molecule has 2 rings (SSSR count). The molecule has 0 aromatic carbocycles. The van der Waals surface area contributed by atoms with Gasteiger partial charge in [0.1, 0.15) is 5.76 Å². The Labute approximate surface area is 102 Å². The molecule has 1 fully saturated rings. The van der Waals surface area contributed by atoms with Crippen LogP contribution >= 0.6 is 0 Å². The normalized spacial score (nSPS) is 25.6. The van der Waals surface area contributed by atoms with Crippen LogP contribution in [-0.4, -0.2) is 32.0 Å². The van der Waals surface area contributed by atoms with E-state index >= 15 is 0 Å². The standard InChI is InChI=1S/C11H18N2O3S/c1-8(12-2)10-6-13-11(16-10)9-4-3-5-17(14,15)7-9/h6,8-9,12H,3-5,7H2,1-2H3. The van der Waals surface area contributed by atoms with Crippen LogP contribution in [0.5, 0.6) is 0 Å². The molecule has 1 aliphatic rings. The second-order valence-corrected chi connectivity index (χ2v) is 6.79. The SMILES string of the molecule is CNC(C)c1cnc(C2CCCS(=O)(=O)C2)o1. The molecule has 0 bridgehead atoms. The van der Waals surface area contributed by atoms with Crippen molar-refractivity contribution in [2.45, 2.75) is 31.7 Å². The van der Waals surface area contributed by atoms with Crippen molar-refractivity contribution in [1.82, 2.24) is 10.3 Å². The lowest BCUT2D eigenvalue weighted by Crippen LogP contribution is -2.23. The molecule has 2 heterocycles. The van der Waals surface area contributed by atoms with E-state index in [1.165, 1.54) is 0 Å². The first-order valence-electron chi connectivity index (χ1n) is 5.85. The molecule has 2 unspecified atom stereocenters. The first kappa shape index (κ1) is 12.6. The molecule has 0 amide bonds. The molecule has 0 spiro atoms. The summed E-state index contributed by atoms with van der Waals surface area (Å²) in [4.78, 5) is 4.20. The molecule has 2 atom stereocenters. The number of oxazole rings is 1. The van der Waals surface area contributed by atoms with Crippen LogP contribution in [0.1, 0.15) is 43.4 Å². The number of nitrogens with zero attached hydrogens (tertiary/aromatic N) is 1. The third kappa shape index (κ3) is 2.87. The lowest BCUT2D eigenvalue weighted by molar-refractivity contribution is 0.384. The number of sulfone groups is 1. The smallest absolute Gasteiger partial charge is 0.198 e. The van der Waals surface area contributed by atoms with Crippen LogP contribution in [0.2, 0.25) is 0 Å². The van der Waals surface area contributed by atoms with Gasteiger partial charge in [0.15, 0.2) is 15.7 Å². The van der Waals surface area contributed by atoms with Crippen LogP contribution < -0.4 is 5.32 Å². The second-order valence-electron chi connectivity index (χ2n) is 4.56. The van der Waals surface area contributed by atoms with E-state index in [0.717, 1.165) is 12.2 Å². The van der Waals surface area contributed by atoms with Gasteiger partial charge in [-0.3, -0.25) is 0 Å². The first-order valence-corrected chi connectivity index (χ1v) is 7.67. The van der Waals surface area contributed by atoms with Crippen LogP contribution in [0.25, 0.3) is 0 Å². The monoisotopic (exact) mass is 258 g/mol. The van der Waals surface area contributed by atoms with Crippen molar-refractivity contribution in [1.29, 1.82) is 0 Å². The van der Waals surface area contributed by atoms with E-state index in [9.17, 15) is 8.42 Å². The zero-order valence-electron chi connectivity index (χ0n) is 10.1. The molecule has 0 radical (unpaired) electrons. The lowest BCUT2D eigenvalue weighted by atomic mass is 10.1. The van der Waals surface area contributed by atoms with E-state index in [4.69, 9.17) is 4.42 Å². The second kappa shape index (κ2) is 4.78. The summed E-state index contributed by atoms with van der Waals surface area (Å²) in [7, 11) is -1.07. The van der Waals surface area contributed by atoms with E-state index in [0.29, 0.717) is 18.1 Å². The minimum atomic E-state index is -2.91. The summed E-state index contributed by atoms with van der Waals surface area (Å²) in [5, 5.41) is 3.06. The third-order valence-corrected chi connectivity index (χ3v) is 5.03. The topological polar surface area (TPSA) is 72.2 Å². The summed E-state index contributed by atoms with van der Waals surface area (Å²) >= 11 is 0. The summed E-state index contributed by atoms with van der Waals surface area (Å²) < 4.78 is 28.7. The van der Waals surface area contributed by atoms with E-state index in [1.54, 1.807) is 6.20 Å². The van der Waals surface area contributed by atoms with E-state index in [-0.39, 0.29) is 17.7 Å². The molecule has 1 aromatic rings. The first-order chi connectivity index (χ1) is 8.02. The molecular formula is C11H18N2O3S. The zero-order chi connectivity index (χ0) is 12.5. The van der Waals surface area contributed by atoms with Gasteiger partial charge in [-0.05, 0) is 26.8 Å². The van der Waals surface area contributed by atoms with Gasteiger partial charge >= 0.3 is 0 Å². The highest BCUT2D eigenvalue weighted by Crippen LogP contribution is 2.28. The summed E-state index contributed by atoms with van der Waals surface area (Å²) in [6.07, 6.45) is 3.22. The maximum atomic E-state index is 11.5. The van der Waals surface area contributed by atoms with Gasteiger partial charge in [-0.25, -0.2) is 13.4 Å². The average Bonchev–Trinajstić information content (AvgIpc) is 2.76. The van der Waals surface area contributed by atoms with Crippen molar-refractivity contribution in [3.8, 4) is 0 Å². The lowest BCUT2D eigenvalue weighted by Gasteiger charge is -2.18. The number of hydrogen-bond donors (Lipinski definition) is 1. The summed E-state index contributed by atoms with van der Waals surface area (Å²) in [6, 6.07) is 0.0939. The van der Waals surface area contributed by atoms with Crippen molar-refractivity contribution in [3.05, 3.63) is 17.8 Å². The van der Waals surface area contributed by atoms with Gasteiger partial charge < -0.3 is 9.73 Å². The van der Waals surface area contributed by atoms with Gasteiger partial charge in [0.2, 0.25) is 0 Å². The minimum Gasteiger partial charge on any atom is -0.444 e. The molecule has 1 aromatic heterocycles. The van der Waals surface area contributed by atoms with Crippen LogP contribution in [0.4, 0.5) is 0 Å². The Kier molecular flexibility index (Phi) is 3.53. The highest BCUT2D eigenvalue weighted by molar-refractivity contribution is 7.91. The summed E-state index contributed by atoms with van der Waals surface area (Å²) in [6.45, 7) is 1.97. The van der Waals surface area contributed by atoms with E-state index < -0.39 is 9.84 Å². The van der Waals surface area contributed by atoms with Crippen LogP contribution in [0.15, 0.2) is 10.6 Å². The minimum absolute atomic E-state index is 0.0773. The zero-order valence-corrected chi connectivity index (χ0v) is 11.0. The predicted molar refractivity (Wildman–Crippen MR) is 64.6 cm³/mol. The maximum absolute atomic E-state index is 11.5. The summed E-state index contributed by atoms with van der Waals surface area (Å²) in [5.41, 5.74) is 0. The Morgan fingerprint density at radius 3 is 3.00 bits per heavy atom. The van der Waals surface area contributed by atoms with Crippen LogP contribution in [0.3, 0.4) is 0 Å². The fourth-order valence-corrected chi connectivity index (χ4v) is 3.74. The number of aromatic nitrogens is 1. The number of hydrogen-bond acceptors (Lipinski definition) is 5. The van der Waals surface area contributed by atoms with E-state index in [2.05, 4.69) is 10.3 Å². The Bertz CT molecular complexity index is 481. The molecular weight excluding hydrogens is 240 g/mol. The average molecular weight is 258 g/mol. The molecule has 0 aliphatic carbocycles. The Morgan fingerprint density at radius 2 is 2.35 bits per heavy atom. The molecule has 96 valence electrons. The van der Waals surface area contributed by atoms with Gasteiger partial charge in [0, 0.05) is 5.92 Å². The van der Waals surface area contributed by atoms with Crippen molar-refractivity contribution in [3.63, 3.8) is 0 Å². The molecule has 1 N–H and O–H groups in total. The van der Waals surface area contributed by atoms with Gasteiger partial charge in [-0.2, -0.15) is 0 Å². The maximum Gasteiger partial charge on any atom is 0.198 e. The number of rotatable bonds is 3. The molecule has 6 heteroatoms. The molecule has 1 saturated heterocycles. The fourth-order valence-electron chi connectivity index (χ4n) is 2.05. The molecule has 17 heavy (non-hydrogen) atoms. The quantitative estimate of drug-likeness (QED) is 0.883. The predicted octanol–water partition coefficient (Wildman–Crippen LogP) is 1.25. The van der Waals surface area contributed by atoms with Gasteiger partial charge in [-0.15, -0.1) is 0 Å². The van der Waals surface area contributed by atoms with Crippen molar-refractivity contribution >= 4 is 9.84 Å². The van der Waals surface area contributed by atoms with Gasteiger partial charge in [0.25, 0.3) is 0 Å². The molecule has 1 aliphatic heterocycles. The van der Waals surface area contributed by atoms with Crippen molar-refractivity contribution in [2.24, 2.45) is 0 Å². The number of nitrogens with one attached hydrogen (secondary N) is 1. The Hall–Kier alpha value is -0.880. The Balaban J connectivity index is 2.15. The van der Waals surface area contributed by atoms with E-state index in [1.807, 2.05) is 14.0 Å². The fraction of sp³-hybridized carbons (Fsp3) is 0.727. The molecule has 0 saturated carbocycles. The molecule has 5 nitrogen and oxygen atoms in total. The van der Waals surface area contributed by atoms with Gasteiger partial charge in [-0.1, -0.05) is 0 Å². The van der Waals surface area contributed by atoms with Crippen molar-refractivity contribution in [2.75, 3.05) is 18.6 Å².